The molecule has 1 aliphatic heterocycles. The van der Waals surface area contributed by atoms with Crippen molar-refractivity contribution in [1.82, 2.24) is 5.32 Å². The van der Waals surface area contributed by atoms with Crippen molar-refractivity contribution in [2.75, 3.05) is 24.5 Å². The van der Waals surface area contributed by atoms with Gasteiger partial charge in [0, 0.05) is 25.3 Å². The van der Waals surface area contributed by atoms with Crippen molar-refractivity contribution in [1.29, 1.82) is 0 Å². The van der Waals surface area contributed by atoms with Crippen LogP contribution in [0.1, 0.15) is 51.2 Å². The third-order valence-corrected chi connectivity index (χ3v) is 4.60. The Hall–Kier alpha value is -1.02. The Kier molecular flexibility index (Phi) is 5.09. The number of hydrogen-bond donors (Lipinski definition) is 1. The molecule has 20 heavy (non-hydrogen) atoms. The summed E-state index contributed by atoms with van der Waals surface area (Å²) in [7, 11) is 0. The fraction of sp³-hybridized carbons (Fsp3) is 0.667. The van der Waals surface area contributed by atoms with E-state index in [0.717, 1.165) is 13.1 Å². The van der Waals surface area contributed by atoms with E-state index in [9.17, 15) is 0 Å². The fourth-order valence-electron chi connectivity index (χ4n) is 3.02. The Morgan fingerprint density at radius 2 is 2.00 bits per heavy atom. The summed E-state index contributed by atoms with van der Waals surface area (Å²) < 4.78 is 0. The number of nitrogens with zero attached hydrogens (tertiary/aromatic N) is 1. The Labute approximate surface area is 124 Å². The van der Waals surface area contributed by atoms with Gasteiger partial charge in [-0.15, -0.1) is 0 Å². The molecule has 2 heteroatoms. The van der Waals surface area contributed by atoms with Gasteiger partial charge < -0.3 is 10.2 Å². The second-order valence-corrected chi connectivity index (χ2v) is 6.90. The van der Waals surface area contributed by atoms with E-state index in [4.69, 9.17) is 0 Å². The quantitative estimate of drug-likeness (QED) is 0.888. The summed E-state index contributed by atoms with van der Waals surface area (Å²) >= 11 is 0. The van der Waals surface area contributed by atoms with Crippen LogP contribution in [0.3, 0.4) is 0 Å². The lowest BCUT2D eigenvalue weighted by Gasteiger charge is -2.25. The predicted molar refractivity (Wildman–Crippen MR) is 88.4 cm³/mol. The van der Waals surface area contributed by atoms with Crippen LogP contribution in [0.25, 0.3) is 0 Å². The number of nitrogens with one attached hydrogen (secondary N) is 1. The topological polar surface area (TPSA) is 15.3 Å². The molecule has 2 nitrogen and oxygen atoms in total. The maximum Gasteiger partial charge on any atom is 0.0369 e. The van der Waals surface area contributed by atoms with E-state index in [2.05, 4.69) is 56.1 Å². The van der Waals surface area contributed by atoms with Gasteiger partial charge in [-0.2, -0.15) is 0 Å². The van der Waals surface area contributed by atoms with Gasteiger partial charge in [0.25, 0.3) is 0 Å². The zero-order valence-corrected chi connectivity index (χ0v) is 13.6. The Morgan fingerprint density at radius 1 is 1.20 bits per heavy atom. The van der Waals surface area contributed by atoms with Crippen LogP contribution < -0.4 is 10.2 Å². The van der Waals surface area contributed by atoms with E-state index in [-0.39, 0.29) is 0 Å². The van der Waals surface area contributed by atoms with Gasteiger partial charge in [-0.1, -0.05) is 26.8 Å². The number of hydrogen-bond acceptors (Lipinski definition) is 2. The highest BCUT2D eigenvalue weighted by molar-refractivity contribution is 5.51. The SMILES string of the molecule is CCNCc1ccc(N2CCCC(C)(C)CC2)cc1C. The highest BCUT2D eigenvalue weighted by atomic mass is 15.1. The largest absolute Gasteiger partial charge is 0.372 e. The van der Waals surface area contributed by atoms with Gasteiger partial charge in [-0.25, -0.2) is 0 Å². The first-order chi connectivity index (χ1) is 9.52. The highest BCUT2D eigenvalue weighted by Gasteiger charge is 2.23. The third-order valence-electron chi connectivity index (χ3n) is 4.60. The molecule has 0 spiro atoms. The maximum absolute atomic E-state index is 3.41. The molecule has 0 atom stereocenters. The maximum atomic E-state index is 3.41. The predicted octanol–water partition coefficient (Wildman–Crippen LogP) is 4.12. The van der Waals surface area contributed by atoms with E-state index in [1.807, 2.05) is 0 Å². The molecule has 0 aliphatic carbocycles. The smallest absolute Gasteiger partial charge is 0.0369 e. The van der Waals surface area contributed by atoms with E-state index in [1.165, 1.54) is 49.2 Å². The van der Waals surface area contributed by atoms with Crippen LogP contribution in [0.2, 0.25) is 0 Å². The van der Waals surface area contributed by atoms with Crippen molar-refractivity contribution in [3.05, 3.63) is 29.3 Å². The molecule has 1 heterocycles. The van der Waals surface area contributed by atoms with Crippen LogP contribution in [0.15, 0.2) is 18.2 Å². The molecule has 0 amide bonds. The summed E-state index contributed by atoms with van der Waals surface area (Å²) in [6.07, 6.45) is 3.96. The molecule has 0 unspecified atom stereocenters. The number of rotatable bonds is 4. The molecule has 0 radical (unpaired) electrons. The van der Waals surface area contributed by atoms with Crippen LogP contribution in [0.4, 0.5) is 5.69 Å². The minimum atomic E-state index is 0.509. The molecule has 1 fully saturated rings. The van der Waals surface area contributed by atoms with E-state index in [1.54, 1.807) is 0 Å². The van der Waals surface area contributed by atoms with Crippen LogP contribution in [0.5, 0.6) is 0 Å². The van der Waals surface area contributed by atoms with Crippen molar-refractivity contribution in [3.8, 4) is 0 Å². The van der Waals surface area contributed by atoms with Crippen molar-refractivity contribution in [3.63, 3.8) is 0 Å². The average molecular weight is 274 g/mol. The second-order valence-electron chi connectivity index (χ2n) is 6.90. The number of benzene rings is 1. The number of aryl methyl sites for hydroxylation is 1. The molecule has 1 N–H and O–H groups in total. The van der Waals surface area contributed by atoms with Gasteiger partial charge in [0.1, 0.15) is 0 Å². The summed E-state index contributed by atoms with van der Waals surface area (Å²) in [5, 5.41) is 3.41. The Morgan fingerprint density at radius 3 is 2.70 bits per heavy atom. The minimum absolute atomic E-state index is 0.509. The molecule has 0 bridgehead atoms. The van der Waals surface area contributed by atoms with Gasteiger partial charge in [0.05, 0.1) is 0 Å². The first kappa shape index (κ1) is 15.4. The lowest BCUT2D eigenvalue weighted by molar-refractivity contribution is 0.325. The molecular formula is C18H30N2. The fourth-order valence-corrected chi connectivity index (χ4v) is 3.02. The molecule has 112 valence electrons. The van der Waals surface area contributed by atoms with Gasteiger partial charge in [-0.05, 0) is 61.4 Å². The molecule has 0 aromatic heterocycles. The van der Waals surface area contributed by atoms with E-state index >= 15 is 0 Å². The zero-order chi connectivity index (χ0) is 14.6. The van der Waals surface area contributed by atoms with Crippen molar-refractivity contribution in [2.24, 2.45) is 5.41 Å². The molecule has 2 rings (SSSR count). The summed E-state index contributed by atoms with van der Waals surface area (Å²) in [5.74, 6) is 0. The van der Waals surface area contributed by atoms with E-state index in [0.29, 0.717) is 5.41 Å². The standard InChI is InChI=1S/C18H30N2/c1-5-19-14-16-7-8-17(13-15(16)2)20-11-6-9-18(3,4)10-12-20/h7-8,13,19H,5-6,9-12,14H2,1-4H3. The normalized spacial score (nSPS) is 18.9. The van der Waals surface area contributed by atoms with Gasteiger partial charge in [0.15, 0.2) is 0 Å². The summed E-state index contributed by atoms with van der Waals surface area (Å²) in [4.78, 5) is 2.57. The summed E-state index contributed by atoms with van der Waals surface area (Å²) in [5.41, 5.74) is 4.74. The number of anilines is 1. The molecular weight excluding hydrogens is 244 g/mol. The third kappa shape index (κ3) is 3.99. The lowest BCUT2D eigenvalue weighted by atomic mass is 9.85. The molecule has 1 saturated heterocycles. The molecule has 1 aromatic carbocycles. The summed E-state index contributed by atoms with van der Waals surface area (Å²) in [6.45, 7) is 13.6. The van der Waals surface area contributed by atoms with Crippen LogP contribution >= 0.6 is 0 Å². The summed E-state index contributed by atoms with van der Waals surface area (Å²) in [6, 6.07) is 6.96. The second kappa shape index (κ2) is 6.62. The molecule has 0 saturated carbocycles. The van der Waals surface area contributed by atoms with Crippen LogP contribution in [-0.2, 0) is 6.54 Å². The molecule has 1 aliphatic rings. The minimum Gasteiger partial charge on any atom is -0.372 e. The Balaban J connectivity index is 2.07. The lowest BCUT2D eigenvalue weighted by Crippen LogP contribution is -2.25. The average Bonchev–Trinajstić information content (AvgIpc) is 2.58. The van der Waals surface area contributed by atoms with E-state index < -0.39 is 0 Å². The van der Waals surface area contributed by atoms with Crippen molar-refractivity contribution in [2.45, 2.75) is 53.5 Å². The first-order valence-corrected chi connectivity index (χ1v) is 8.07. The zero-order valence-electron chi connectivity index (χ0n) is 13.6. The molecule has 1 aromatic rings. The van der Waals surface area contributed by atoms with Gasteiger partial charge >= 0.3 is 0 Å². The van der Waals surface area contributed by atoms with Crippen LogP contribution in [0, 0.1) is 12.3 Å². The first-order valence-electron chi connectivity index (χ1n) is 8.07. The van der Waals surface area contributed by atoms with Gasteiger partial charge in [-0.3, -0.25) is 0 Å². The van der Waals surface area contributed by atoms with Crippen molar-refractivity contribution < 1.29 is 0 Å². The van der Waals surface area contributed by atoms with Gasteiger partial charge in [0.2, 0.25) is 0 Å². The highest BCUT2D eigenvalue weighted by Crippen LogP contribution is 2.32. The Bertz CT molecular complexity index is 437. The van der Waals surface area contributed by atoms with Crippen LogP contribution in [-0.4, -0.2) is 19.6 Å². The van der Waals surface area contributed by atoms with Crippen molar-refractivity contribution >= 4 is 5.69 Å². The monoisotopic (exact) mass is 274 g/mol.